The predicted molar refractivity (Wildman–Crippen MR) is 84.6 cm³/mol. The summed E-state index contributed by atoms with van der Waals surface area (Å²) in [6.07, 6.45) is 3.38. The number of aliphatic hydroxyl groups is 1. The predicted octanol–water partition coefficient (Wildman–Crippen LogP) is 4.52. The monoisotopic (exact) mass is 325 g/mol. The first-order valence-electron chi connectivity index (χ1n) is 7.18. The van der Waals surface area contributed by atoms with Crippen LogP contribution in [0.15, 0.2) is 22.7 Å². The quantitative estimate of drug-likeness (QED) is 0.883. The second-order valence-corrected chi connectivity index (χ2v) is 6.89. The van der Waals surface area contributed by atoms with E-state index in [0.717, 1.165) is 23.1 Å². The smallest absolute Gasteiger partial charge is 0.0762 e. The molecule has 1 aliphatic rings. The molecule has 1 aromatic rings. The first-order chi connectivity index (χ1) is 8.95. The van der Waals surface area contributed by atoms with E-state index in [9.17, 15) is 5.11 Å². The lowest BCUT2D eigenvalue weighted by Gasteiger charge is -2.40. The molecule has 0 radical (unpaired) electrons. The third-order valence-electron chi connectivity index (χ3n) is 4.62. The molecule has 0 bridgehead atoms. The molecule has 1 unspecified atom stereocenters. The van der Waals surface area contributed by atoms with Gasteiger partial charge < -0.3 is 10.0 Å². The van der Waals surface area contributed by atoms with Crippen LogP contribution in [0.1, 0.15) is 51.7 Å². The Balaban J connectivity index is 2.12. The highest BCUT2D eigenvalue weighted by molar-refractivity contribution is 9.10. The Bertz CT molecular complexity index is 436. The van der Waals surface area contributed by atoms with Crippen LogP contribution in [0, 0.1) is 5.41 Å². The Morgan fingerprint density at radius 2 is 2.00 bits per heavy atom. The largest absolute Gasteiger partial charge is 0.389 e. The molecule has 1 atom stereocenters. The van der Waals surface area contributed by atoms with Crippen molar-refractivity contribution in [1.82, 2.24) is 0 Å². The number of rotatable bonds is 3. The second-order valence-electron chi connectivity index (χ2n) is 6.04. The Kier molecular flexibility index (Phi) is 4.57. The molecule has 106 valence electrons. The number of nitrogens with zero attached hydrogens (tertiary/aromatic N) is 1. The summed E-state index contributed by atoms with van der Waals surface area (Å²) in [5.74, 6) is 0. The van der Waals surface area contributed by atoms with Crippen LogP contribution in [0.4, 0.5) is 5.69 Å². The van der Waals surface area contributed by atoms with Gasteiger partial charge in [0.05, 0.1) is 11.8 Å². The van der Waals surface area contributed by atoms with Crippen molar-refractivity contribution in [3.05, 3.63) is 28.2 Å². The maximum Gasteiger partial charge on any atom is 0.0762 e. The summed E-state index contributed by atoms with van der Waals surface area (Å²) in [6, 6.07) is 6.19. The standard InChI is InChI=1S/C16H24BrNO/c1-4-16(3)7-9-18(10-8-16)15-6-5-13(12(2)19)11-14(15)17/h5-6,11-12,19H,4,7-10H2,1-3H3. The van der Waals surface area contributed by atoms with Crippen LogP contribution in [0.3, 0.4) is 0 Å². The van der Waals surface area contributed by atoms with Crippen LogP contribution in [-0.2, 0) is 0 Å². The molecule has 1 N–H and O–H groups in total. The number of benzene rings is 1. The van der Waals surface area contributed by atoms with Gasteiger partial charge in [0.25, 0.3) is 0 Å². The lowest BCUT2D eigenvalue weighted by Crippen LogP contribution is -2.38. The summed E-state index contributed by atoms with van der Waals surface area (Å²) in [7, 11) is 0. The molecule has 0 spiro atoms. The molecular weight excluding hydrogens is 302 g/mol. The van der Waals surface area contributed by atoms with Crippen LogP contribution in [0.25, 0.3) is 0 Å². The van der Waals surface area contributed by atoms with E-state index in [2.05, 4.69) is 40.7 Å². The van der Waals surface area contributed by atoms with Crippen molar-refractivity contribution in [3.63, 3.8) is 0 Å². The SMILES string of the molecule is CCC1(C)CCN(c2ccc(C(C)O)cc2Br)CC1. The zero-order valence-electron chi connectivity index (χ0n) is 12.1. The summed E-state index contributed by atoms with van der Waals surface area (Å²) < 4.78 is 1.09. The van der Waals surface area contributed by atoms with Crippen LogP contribution in [0.2, 0.25) is 0 Å². The molecule has 0 amide bonds. The van der Waals surface area contributed by atoms with Gasteiger partial charge in [0.2, 0.25) is 0 Å². The summed E-state index contributed by atoms with van der Waals surface area (Å²) >= 11 is 3.64. The maximum absolute atomic E-state index is 9.62. The van der Waals surface area contributed by atoms with Crippen LogP contribution < -0.4 is 4.90 Å². The van der Waals surface area contributed by atoms with Gasteiger partial charge in [0.15, 0.2) is 0 Å². The van der Waals surface area contributed by atoms with Crippen LogP contribution in [0.5, 0.6) is 0 Å². The Hall–Kier alpha value is -0.540. The normalized spacial score (nSPS) is 20.4. The lowest BCUT2D eigenvalue weighted by molar-refractivity contribution is 0.199. The van der Waals surface area contributed by atoms with E-state index in [-0.39, 0.29) is 0 Å². The number of anilines is 1. The van der Waals surface area contributed by atoms with Crippen LogP contribution in [-0.4, -0.2) is 18.2 Å². The molecule has 2 nitrogen and oxygen atoms in total. The Morgan fingerprint density at radius 3 is 2.47 bits per heavy atom. The van der Waals surface area contributed by atoms with Gasteiger partial charge in [-0.3, -0.25) is 0 Å². The summed E-state index contributed by atoms with van der Waals surface area (Å²) in [5, 5.41) is 9.62. The molecule has 3 heteroatoms. The molecule has 1 heterocycles. The number of piperidine rings is 1. The van der Waals surface area contributed by atoms with E-state index in [1.807, 2.05) is 12.1 Å². The fraction of sp³-hybridized carbons (Fsp3) is 0.625. The molecule has 0 saturated carbocycles. The minimum atomic E-state index is -0.407. The van der Waals surface area contributed by atoms with Gasteiger partial charge in [-0.1, -0.05) is 26.3 Å². The van der Waals surface area contributed by atoms with Crippen LogP contribution >= 0.6 is 15.9 Å². The zero-order chi connectivity index (χ0) is 14.0. The number of halogens is 1. The van der Waals surface area contributed by atoms with E-state index in [0.29, 0.717) is 5.41 Å². The third-order valence-corrected chi connectivity index (χ3v) is 5.25. The highest BCUT2D eigenvalue weighted by Gasteiger charge is 2.28. The minimum Gasteiger partial charge on any atom is -0.389 e. The third kappa shape index (κ3) is 3.32. The highest BCUT2D eigenvalue weighted by atomic mass is 79.9. The van der Waals surface area contributed by atoms with Crippen molar-refractivity contribution in [3.8, 4) is 0 Å². The van der Waals surface area contributed by atoms with Gasteiger partial charge in [-0.2, -0.15) is 0 Å². The van der Waals surface area contributed by atoms with Crippen molar-refractivity contribution in [2.45, 2.75) is 46.1 Å². The van der Waals surface area contributed by atoms with Crippen molar-refractivity contribution < 1.29 is 5.11 Å². The van der Waals surface area contributed by atoms with E-state index < -0.39 is 6.10 Å². The average Bonchev–Trinajstić information content (AvgIpc) is 2.40. The van der Waals surface area contributed by atoms with Gasteiger partial charge in [-0.05, 0) is 58.8 Å². The molecule has 1 saturated heterocycles. The molecule has 1 aliphatic heterocycles. The summed E-state index contributed by atoms with van der Waals surface area (Å²) in [6.45, 7) is 8.74. The molecule has 0 aromatic heterocycles. The average molecular weight is 326 g/mol. The van der Waals surface area contributed by atoms with Gasteiger partial charge >= 0.3 is 0 Å². The van der Waals surface area contributed by atoms with E-state index >= 15 is 0 Å². The number of hydrogen-bond acceptors (Lipinski definition) is 2. The molecule has 1 fully saturated rings. The van der Waals surface area contributed by atoms with Crippen molar-refractivity contribution >= 4 is 21.6 Å². The Labute approximate surface area is 124 Å². The topological polar surface area (TPSA) is 23.5 Å². The Morgan fingerprint density at radius 1 is 1.37 bits per heavy atom. The fourth-order valence-corrected chi connectivity index (χ4v) is 3.33. The fourth-order valence-electron chi connectivity index (χ4n) is 2.68. The van der Waals surface area contributed by atoms with E-state index in [4.69, 9.17) is 0 Å². The lowest BCUT2D eigenvalue weighted by atomic mass is 9.78. The summed E-state index contributed by atoms with van der Waals surface area (Å²) in [4.78, 5) is 2.45. The van der Waals surface area contributed by atoms with Gasteiger partial charge in [0, 0.05) is 17.6 Å². The minimum absolute atomic E-state index is 0.407. The number of hydrogen-bond donors (Lipinski definition) is 1. The first-order valence-corrected chi connectivity index (χ1v) is 7.97. The molecule has 2 rings (SSSR count). The molecule has 0 aliphatic carbocycles. The van der Waals surface area contributed by atoms with Crippen molar-refractivity contribution in [1.29, 1.82) is 0 Å². The van der Waals surface area contributed by atoms with E-state index in [1.54, 1.807) is 6.92 Å². The van der Waals surface area contributed by atoms with Gasteiger partial charge in [-0.25, -0.2) is 0 Å². The van der Waals surface area contributed by atoms with Crippen molar-refractivity contribution in [2.24, 2.45) is 5.41 Å². The molecule has 1 aromatic carbocycles. The zero-order valence-corrected chi connectivity index (χ0v) is 13.7. The second kappa shape index (κ2) is 5.84. The van der Waals surface area contributed by atoms with E-state index in [1.165, 1.54) is 24.9 Å². The molecular formula is C16H24BrNO. The highest BCUT2D eigenvalue weighted by Crippen LogP contribution is 2.38. The molecule has 19 heavy (non-hydrogen) atoms. The maximum atomic E-state index is 9.62. The summed E-state index contributed by atoms with van der Waals surface area (Å²) in [5.41, 5.74) is 2.73. The van der Waals surface area contributed by atoms with Gasteiger partial charge in [-0.15, -0.1) is 0 Å². The number of aliphatic hydroxyl groups excluding tert-OH is 1. The van der Waals surface area contributed by atoms with Gasteiger partial charge in [0.1, 0.15) is 0 Å². The first kappa shape index (κ1) is 14.9. The van der Waals surface area contributed by atoms with Crippen molar-refractivity contribution in [2.75, 3.05) is 18.0 Å².